The molecule has 0 spiro atoms. The van der Waals surface area contributed by atoms with Gasteiger partial charge in [0.1, 0.15) is 6.54 Å². The molecule has 0 saturated carbocycles. The molecule has 0 amide bonds. The third-order valence-corrected chi connectivity index (χ3v) is 3.11. The van der Waals surface area contributed by atoms with Gasteiger partial charge in [0, 0.05) is 25.7 Å². The van der Waals surface area contributed by atoms with E-state index in [-0.39, 0.29) is 17.9 Å². The summed E-state index contributed by atoms with van der Waals surface area (Å²) < 4.78 is 1.18. The minimum Gasteiger partial charge on any atom is -0.376 e. The van der Waals surface area contributed by atoms with Crippen molar-refractivity contribution in [3.05, 3.63) is 58.0 Å². The number of carbonyl (C=O) groups is 1. The summed E-state index contributed by atoms with van der Waals surface area (Å²) in [7, 11) is 3.67. The van der Waals surface area contributed by atoms with Gasteiger partial charge in [-0.3, -0.25) is 9.59 Å². The Morgan fingerprint density at radius 3 is 2.60 bits per heavy atom. The van der Waals surface area contributed by atoms with Crippen molar-refractivity contribution < 1.29 is 4.79 Å². The smallest absolute Gasteiger partial charge is 0.269 e. The van der Waals surface area contributed by atoms with Crippen LogP contribution < -0.4 is 10.5 Å². The lowest BCUT2D eigenvalue weighted by atomic mass is 10.1. The Morgan fingerprint density at radius 2 is 2.00 bits per heavy atom. The van der Waals surface area contributed by atoms with Gasteiger partial charge in [0.15, 0.2) is 5.78 Å². The molecular weight excluding hydrogens is 254 g/mol. The van der Waals surface area contributed by atoms with Gasteiger partial charge in [0.2, 0.25) is 0 Å². The first kappa shape index (κ1) is 14.0. The van der Waals surface area contributed by atoms with Crippen molar-refractivity contribution in [1.82, 2.24) is 9.78 Å². The van der Waals surface area contributed by atoms with Gasteiger partial charge in [-0.25, -0.2) is 4.68 Å². The van der Waals surface area contributed by atoms with Crippen molar-refractivity contribution in [3.63, 3.8) is 0 Å². The fraction of sp³-hybridized carbons (Fsp3) is 0.267. The van der Waals surface area contributed by atoms with Crippen molar-refractivity contribution in [2.24, 2.45) is 0 Å². The van der Waals surface area contributed by atoms with Crippen LogP contribution in [-0.2, 0) is 6.54 Å². The van der Waals surface area contributed by atoms with Crippen LogP contribution in [0.5, 0.6) is 0 Å². The van der Waals surface area contributed by atoms with Crippen molar-refractivity contribution in [2.45, 2.75) is 13.5 Å². The summed E-state index contributed by atoms with van der Waals surface area (Å²) in [4.78, 5) is 25.9. The minimum atomic E-state index is -0.280. The molecule has 0 fully saturated rings. The van der Waals surface area contributed by atoms with E-state index in [2.05, 4.69) is 5.10 Å². The molecule has 0 aliphatic heterocycles. The number of benzene rings is 1. The Hall–Kier alpha value is -2.43. The highest BCUT2D eigenvalue weighted by Crippen LogP contribution is 2.09. The summed E-state index contributed by atoms with van der Waals surface area (Å²) in [5.74, 6) is -0.115. The Kier molecular flexibility index (Phi) is 3.98. The first-order chi connectivity index (χ1) is 9.49. The standard InChI is InChI=1S/C15H17N3O2/c1-11-6-4-5-7-13(11)14(19)10-18-15(20)8-12(9-16-18)17(2)3/h4-9H,10H2,1-3H3. The third-order valence-electron chi connectivity index (χ3n) is 3.11. The Balaban J connectivity index is 2.25. The van der Waals surface area contributed by atoms with Crippen LogP contribution in [0.15, 0.2) is 41.3 Å². The van der Waals surface area contributed by atoms with Gasteiger partial charge in [0.25, 0.3) is 5.56 Å². The number of Topliss-reactive ketones (excluding diaryl/α,β-unsaturated/α-hetero) is 1. The van der Waals surface area contributed by atoms with Gasteiger partial charge in [-0.1, -0.05) is 24.3 Å². The number of nitrogens with zero attached hydrogens (tertiary/aromatic N) is 3. The molecule has 0 atom stereocenters. The molecule has 1 heterocycles. The molecule has 0 radical (unpaired) electrons. The van der Waals surface area contributed by atoms with E-state index < -0.39 is 0 Å². The molecule has 2 rings (SSSR count). The second kappa shape index (κ2) is 5.69. The van der Waals surface area contributed by atoms with Crippen LogP contribution >= 0.6 is 0 Å². The molecule has 0 N–H and O–H groups in total. The summed E-state index contributed by atoms with van der Waals surface area (Å²) in [6.07, 6.45) is 1.58. The number of hydrogen-bond donors (Lipinski definition) is 0. The second-order valence-electron chi connectivity index (χ2n) is 4.84. The second-order valence-corrected chi connectivity index (χ2v) is 4.84. The predicted molar refractivity (Wildman–Crippen MR) is 78.3 cm³/mol. The molecule has 5 nitrogen and oxygen atoms in total. The van der Waals surface area contributed by atoms with E-state index in [0.717, 1.165) is 11.3 Å². The van der Waals surface area contributed by atoms with Crippen LogP contribution in [0.3, 0.4) is 0 Å². The lowest BCUT2D eigenvalue weighted by molar-refractivity contribution is 0.0965. The number of ketones is 1. The van der Waals surface area contributed by atoms with E-state index in [0.29, 0.717) is 5.56 Å². The predicted octanol–water partition coefficient (Wildman–Crippen LogP) is 1.50. The molecule has 0 bridgehead atoms. The average Bonchev–Trinajstić information content (AvgIpc) is 2.41. The summed E-state index contributed by atoms with van der Waals surface area (Å²) >= 11 is 0. The van der Waals surface area contributed by atoms with Crippen LogP contribution in [0.2, 0.25) is 0 Å². The van der Waals surface area contributed by atoms with Crippen molar-refractivity contribution in [2.75, 3.05) is 19.0 Å². The molecule has 0 aliphatic carbocycles. The molecule has 1 aromatic heterocycles. The molecule has 20 heavy (non-hydrogen) atoms. The number of rotatable bonds is 4. The summed E-state index contributed by atoms with van der Waals surface area (Å²) in [5.41, 5.74) is 1.96. The first-order valence-electron chi connectivity index (χ1n) is 6.32. The quantitative estimate of drug-likeness (QED) is 0.791. The summed E-state index contributed by atoms with van der Waals surface area (Å²) in [6.45, 7) is 1.83. The Labute approximate surface area is 117 Å². The maximum Gasteiger partial charge on any atom is 0.269 e. The van der Waals surface area contributed by atoms with Crippen LogP contribution in [0.25, 0.3) is 0 Å². The highest BCUT2D eigenvalue weighted by atomic mass is 16.1. The van der Waals surface area contributed by atoms with Crippen molar-refractivity contribution in [1.29, 1.82) is 0 Å². The van der Waals surface area contributed by atoms with Gasteiger partial charge >= 0.3 is 0 Å². The first-order valence-corrected chi connectivity index (χ1v) is 6.32. The molecule has 104 valence electrons. The highest BCUT2D eigenvalue weighted by Gasteiger charge is 2.11. The monoisotopic (exact) mass is 271 g/mol. The maximum absolute atomic E-state index is 12.2. The minimum absolute atomic E-state index is 0.0443. The molecule has 5 heteroatoms. The van der Waals surface area contributed by atoms with Gasteiger partial charge in [0.05, 0.1) is 11.9 Å². The van der Waals surface area contributed by atoms with Crippen LogP contribution in [0.4, 0.5) is 5.69 Å². The number of aryl methyl sites for hydroxylation is 1. The van der Waals surface area contributed by atoms with Crippen LogP contribution in [0.1, 0.15) is 15.9 Å². The Morgan fingerprint density at radius 1 is 1.30 bits per heavy atom. The highest BCUT2D eigenvalue weighted by molar-refractivity contribution is 5.97. The van der Waals surface area contributed by atoms with Crippen molar-refractivity contribution >= 4 is 11.5 Å². The lowest BCUT2D eigenvalue weighted by Crippen LogP contribution is -2.27. The fourth-order valence-corrected chi connectivity index (χ4v) is 1.89. The largest absolute Gasteiger partial charge is 0.376 e. The molecule has 0 unspecified atom stereocenters. The van der Waals surface area contributed by atoms with Gasteiger partial charge in [-0.15, -0.1) is 0 Å². The third kappa shape index (κ3) is 2.93. The fourth-order valence-electron chi connectivity index (χ4n) is 1.89. The van der Waals surface area contributed by atoms with Gasteiger partial charge in [-0.05, 0) is 12.5 Å². The normalized spacial score (nSPS) is 10.3. The van der Waals surface area contributed by atoms with Gasteiger partial charge in [-0.2, -0.15) is 5.10 Å². The molecule has 0 aliphatic rings. The maximum atomic E-state index is 12.2. The zero-order valence-electron chi connectivity index (χ0n) is 11.8. The van der Waals surface area contributed by atoms with E-state index in [4.69, 9.17) is 0 Å². The molecule has 1 aromatic carbocycles. The van der Waals surface area contributed by atoms with E-state index in [1.807, 2.05) is 39.2 Å². The summed E-state index contributed by atoms with van der Waals surface area (Å²) in [5, 5.41) is 4.04. The molecule has 0 saturated heterocycles. The topological polar surface area (TPSA) is 55.2 Å². The SMILES string of the molecule is Cc1ccccc1C(=O)Cn1ncc(N(C)C)cc1=O. The summed E-state index contributed by atoms with van der Waals surface area (Å²) in [6, 6.07) is 8.79. The number of anilines is 1. The zero-order chi connectivity index (χ0) is 14.7. The van der Waals surface area contributed by atoms with Crippen molar-refractivity contribution in [3.8, 4) is 0 Å². The van der Waals surface area contributed by atoms with Gasteiger partial charge < -0.3 is 4.90 Å². The molecule has 2 aromatic rings. The molecular formula is C15H17N3O2. The van der Waals surface area contributed by atoms with Crippen LogP contribution in [0, 0.1) is 6.92 Å². The number of carbonyl (C=O) groups excluding carboxylic acids is 1. The number of aromatic nitrogens is 2. The number of hydrogen-bond acceptors (Lipinski definition) is 4. The lowest BCUT2D eigenvalue weighted by Gasteiger charge is -2.12. The van der Waals surface area contributed by atoms with E-state index >= 15 is 0 Å². The van der Waals surface area contributed by atoms with E-state index in [1.165, 1.54) is 10.7 Å². The van der Waals surface area contributed by atoms with Crippen LogP contribution in [-0.4, -0.2) is 29.7 Å². The average molecular weight is 271 g/mol. The Bertz CT molecular complexity index is 690. The van der Waals surface area contributed by atoms with E-state index in [9.17, 15) is 9.59 Å². The zero-order valence-corrected chi connectivity index (χ0v) is 11.8. The van der Waals surface area contributed by atoms with E-state index in [1.54, 1.807) is 17.2 Å².